The quantitative estimate of drug-likeness (QED) is 0.749. The van der Waals surface area contributed by atoms with Crippen LogP contribution in [0.3, 0.4) is 0 Å². The Bertz CT molecular complexity index is 342. The van der Waals surface area contributed by atoms with Gasteiger partial charge in [0.05, 0.1) is 18.4 Å². The third-order valence-electron chi connectivity index (χ3n) is 2.94. The van der Waals surface area contributed by atoms with Crippen molar-refractivity contribution in [2.75, 3.05) is 19.0 Å². The van der Waals surface area contributed by atoms with Crippen molar-refractivity contribution in [3.8, 4) is 0 Å². The first-order valence-electron chi connectivity index (χ1n) is 5.59. The number of aryl methyl sites for hydroxylation is 1. The number of hydrogen-bond acceptors (Lipinski definition) is 3. The zero-order valence-corrected chi connectivity index (χ0v) is 10.5. The van der Waals surface area contributed by atoms with Gasteiger partial charge in [0.1, 0.15) is 0 Å². The van der Waals surface area contributed by atoms with E-state index in [2.05, 4.69) is 23.0 Å². The molecule has 90 valence electrons. The molecule has 1 fully saturated rings. The van der Waals surface area contributed by atoms with E-state index in [4.69, 9.17) is 16.3 Å². The van der Waals surface area contributed by atoms with Gasteiger partial charge in [-0.3, -0.25) is 9.58 Å². The molecular weight excluding hydrogens is 226 g/mol. The van der Waals surface area contributed by atoms with Gasteiger partial charge >= 0.3 is 0 Å². The second-order valence-electron chi connectivity index (χ2n) is 4.37. The molecule has 0 radical (unpaired) electrons. The Morgan fingerprint density at radius 2 is 2.44 bits per heavy atom. The monoisotopic (exact) mass is 243 g/mol. The predicted octanol–water partition coefficient (Wildman–Crippen LogP) is 1.25. The first-order chi connectivity index (χ1) is 7.69. The molecule has 1 aliphatic rings. The Labute approximate surface area is 101 Å². The van der Waals surface area contributed by atoms with Crippen LogP contribution in [0.15, 0.2) is 12.3 Å². The molecule has 2 heterocycles. The highest BCUT2D eigenvalue weighted by atomic mass is 35.5. The Kier molecular flexibility index (Phi) is 3.84. The van der Waals surface area contributed by atoms with Crippen molar-refractivity contribution >= 4 is 11.6 Å². The molecule has 2 rings (SSSR count). The number of hydrogen-bond donors (Lipinski definition) is 0. The van der Waals surface area contributed by atoms with Crippen LogP contribution in [0.4, 0.5) is 0 Å². The number of ether oxygens (including phenoxy) is 1. The van der Waals surface area contributed by atoms with Crippen LogP contribution in [0.5, 0.6) is 0 Å². The summed E-state index contributed by atoms with van der Waals surface area (Å²) in [6.07, 6.45) is 2.13. The second kappa shape index (κ2) is 5.17. The fourth-order valence-electron chi connectivity index (χ4n) is 1.94. The molecule has 16 heavy (non-hydrogen) atoms. The van der Waals surface area contributed by atoms with Gasteiger partial charge in [-0.2, -0.15) is 5.10 Å². The maximum absolute atomic E-state index is 5.83. The summed E-state index contributed by atoms with van der Waals surface area (Å²) in [6.45, 7) is 4.69. The lowest BCUT2D eigenvalue weighted by atomic mass is 10.2. The van der Waals surface area contributed by atoms with Crippen molar-refractivity contribution in [3.63, 3.8) is 0 Å². The third kappa shape index (κ3) is 2.75. The average Bonchev–Trinajstić information content (AvgIpc) is 2.67. The maximum atomic E-state index is 5.83. The zero-order valence-electron chi connectivity index (χ0n) is 9.77. The molecule has 4 nitrogen and oxygen atoms in total. The number of rotatable bonds is 3. The van der Waals surface area contributed by atoms with Gasteiger partial charge < -0.3 is 4.74 Å². The molecule has 0 saturated carbocycles. The molecule has 0 spiro atoms. The van der Waals surface area contributed by atoms with Crippen LogP contribution in [-0.4, -0.2) is 45.9 Å². The second-order valence-corrected chi connectivity index (χ2v) is 4.68. The van der Waals surface area contributed by atoms with E-state index in [1.165, 1.54) is 0 Å². The lowest BCUT2D eigenvalue weighted by Gasteiger charge is -2.36. The first kappa shape index (κ1) is 11.9. The fraction of sp³-hybridized carbons (Fsp3) is 0.727. The lowest BCUT2D eigenvalue weighted by Crippen LogP contribution is -2.48. The molecule has 1 saturated heterocycles. The smallest absolute Gasteiger partial charge is 0.0838 e. The van der Waals surface area contributed by atoms with Crippen LogP contribution < -0.4 is 0 Å². The minimum atomic E-state index is 0.154. The molecule has 0 amide bonds. The zero-order chi connectivity index (χ0) is 11.5. The predicted molar refractivity (Wildman–Crippen MR) is 63.5 cm³/mol. The Morgan fingerprint density at radius 3 is 3.06 bits per heavy atom. The molecule has 1 aromatic heterocycles. The summed E-state index contributed by atoms with van der Waals surface area (Å²) in [5.74, 6) is 0.561. The molecule has 1 aromatic rings. The van der Waals surface area contributed by atoms with Gasteiger partial charge in [0.15, 0.2) is 0 Å². The molecule has 1 aliphatic heterocycles. The van der Waals surface area contributed by atoms with Crippen molar-refractivity contribution < 1.29 is 4.74 Å². The van der Waals surface area contributed by atoms with Crippen LogP contribution in [0.2, 0.25) is 0 Å². The number of nitrogens with zero attached hydrogens (tertiary/aromatic N) is 3. The summed E-state index contributed by atoms with van der Waals surface area (Å²) in [5, 5.41) is 4.39. The fourth-order valence-corrected chi connectivity index (χ4v) is 2.13. The molecule has 0 aromatic carbocycles. The SMILES string of the molecule is CC1COC(CCl)CN1Cc1ccn(C)n1. The molecule has 2 unspecified atom stereocenters. The van der Waals surface area contributed by atoms with E-state index in [-0.39, 0.29) is 6.10 Å². The number of halogens is 1. The Hall–Kier alpha value is -0.580. The van der Waals surface area contributed by atoms with Gasteiger partial charge in [-0.15, -0.1) is 11.6 Å². The molecule has 5 heteroatoms. The van der Waals surface area contributed by atoms with Crippen molar-refractivity contribution in [1.29, 1.82) is 0 Å². The van der Waals surface area contributed by atoms with E-state index < -0.39 is 0 Å². The van der Waals surface area contributed by atoms with Crippen molar-refractivity contribution in [1.82, 2.24) is 14.7 Å². The van der Waals surface area contributed by atoms with Crippen LogP contribution >= 0.6 is 11.6 Å². The third-order valence-corrected chi connectivity index (χ3v) is 3.28. The van der Waals surface area contributed by atoms with E-state index >= 15 is 0 Å². The maximum Gasteiger partial charge on any atom is 0.0838 e. The van der Waals surface area contributed by atoms with Crippen LogP contribution in [0.25, 0.3) is 0 Å². The van der Waals surface area contributed by atoms with Gasteiger partial charge in [0.25, 0.3) is 0 Å². The first-order valence-corrected chi connectivity index (χ1v) is 6.12. The lowest BCUT2D eigenvalue weighted by molar-refractivity contribution is -0.0515. The number of aromatic nitrogens is 2. The van der Waals surface area contributed by atoms with Gasteiger partial charge in [0.2, 0.25) is 0 Å². The van der Waals surface area contributed by atoms with Gasteiger partial charge in [-0.1, -0.05) is 0 Å². The Balaban J connectivity index is 1.96. The Morgan fingerprint density at radius 1 is 1.62 bits per heavy atom. The largest absolute Gasteiger partial charge is 0.374 e. The summed E-state index contributed by atoms with van der Waals surface area (Å²) in [7, 11) is 1.94. The summed E-state index contributed by atoms with van der Waals surface area (Å²) < 4.78 is 7.45. The normalized spacial score (nSPS) is 27.2. The summed E-state index contributed by atoms with van der Waals surface area (Å²) >= 11 is 5.83. The van der Waals surface area contributed by atoms with Crippen molar-refractivity contribution in [3.05, 3.63) is 18.0 Å². The molecule has 0 N–H and O–H groups in total. The number of morpholine rings is 1. The van der Waals surface area contributed by atoms with E-state index in [1.54, 1.807) is 0 Å². The summed E-state index contributed by atoms with van der Waals surface area (Å²) in [6, 6.07) is 2.49. The van der Waals surface area contributed by atoms with Crippen LogP contribution in [0.1, 0.15) is 12.6 Å². The standard InChI is InChI=1S/C11H18ClN3O/c1-9-8-16-11(5-12)7-15(9)6-10-3-4-14(2)13-10/h3-4,9,11H,5-8H2,1-2H3. The average molecular weight is 244 g/mol. The highest BCUT2D eigenvalue weighted by Crippen LogP contribution is 2.15. The number of alkyl halides is 1. The molecule has 0 bridgehead atoms. The highest BCUT2D eigenvalue weighted by molar-refractivity contribution is 6.18. The van der Waals surface area contributed by atoms with Crippen LogP contribution in [0, 0.1) is 0 Å². The van der Waals surface area contributed by atoms with Crippen LogP contribution in [-0.2, 0) is 18.3 Å². The van der Waals surface area contributed by atoms with Crippen molar-refractivity contribution in [2.45, 2.75) is 25.6 Å². The summed E-state index contributed by atoms with van der Waals surface area (Å²) in [5.41, 5.74) is 1.10. The molecule has 0 aliphatic carbocycles. The van der Waals surface area contributed by atoms with Gasteiger partial charge in [-0.25, -0.2) is 0 Å². The summed E-state index contributed by atoms with van der Waals surface area (Å²) in [4.78, 5) is 2.37. The minimum Gasteiger partial charge on any atom is -0.374 e. The highest BCUT2D eigenvalue weighted by Gasteiger charge is 2.25. The van der Waals surface area contributed by atoms with Gasteiger partial charge in [0, 0.05) is 38.3 Å². The minimum absolute atomic E-state index is 0.154. The molecular formula is C11H18ClN3O. The van der Waals surface area contributed by atoms with E-state index in [9.17, 15) is 0 Å². The van der Waals surface area contributed by atoms with Crippen molar-refractivity contribution in [2.24, 2.45) is 7.05 Å². The van der Waals surface area contributed by atoms with E-state index in [0.717, 1.165) is 25.4 Å². The topological polar surface area (TPSA) is 30.3 Å². The van der Waals surface area contributed by atoms with E-state index in [0.29, 0.717) is 11.9 Å². The van der Waals surface area contributed by atoms with E-state index in [1.807, 2.05) is 17.9 Å². The van der Waals surface area contributed by atoms with Gasteiger partial charge in [-0.05, 0) is 13.0 Å². The molecule has 2 atom stereocenters.